The number of halogens is 1. The van der Waals surface area contributed by atoms with E-state index in [1.165, 1.54) is 12.3 Å². The van der Waals surface area contributed by atoms with Crippen LogP contribution in [0.15, 0.2) is 58.7 Å². The number of aliphatic imine (C=N–C) groups is 1. The van der Waals surface area contributed by atoms with E-state index in [-0.39, 0.29) is 17.0 Å². The Bertz CT molecular complexity index is 1230. The van der Waals surface area contributed by atoms with Gasteiger partial charge in [-0.3, -0.25) is 4.99 Å². The first kappa shape index (κ1) is 22.3. The van der Waals surface area contributed by atoms with Crippen molar-refractivity contribution in [3.63, 3.8) is 0 Å². The highest BCUT2D eigenvalue weighted by Gasteiger charge is 2.75. The number of carboxylic acids is 1. The van der Waals surface area contributed by atoms with Gasteiger partial charge in [0, 0.05) is 28.7 Å². The normalized spacial score (nSPS) is 29.6. The Morgan fingerprint density at radius 1 is 1.18 bits per heavy atom. The van der Waals surface area contributed by atoms with E-state index in [4.69, 9.17) is 11.6 Å². The summed E-state index contributed by atoms with van der Waals surface area (Å²) in [4.78, 5) is 20.2. The van der Waals surface area contributed by atoms with Crippen LogP contribution in [-0.4, -0.2) is 51.7 Å². The van der Waals surface area contributed by atoms with Crippen LogP contribution in [-0.2, 0) is 21.4 Å². The van der Waals surface area contributed by atoms with Gasteiger partial charge in [0.15, 0.2) is 11.1 Å². The summed E-state index contributed by atoms with van der Waals surface area (Å²) in [5, 5.41) is 13.4. The van der Waals surface area contributed by atoms with Crippen LogP contribution < -0.4 is 5.32 Å². The lowest BCUT2D eigenvalue weighted by atomic mass is 9.38. The van der Waals surface area contributed by atoms with Gasteiger partial charge in [-0.05, 0) is 62.9 Å². The Balaban J connectivity index is 1.44. The molecule has 3 aliphatic carbocycles. The molecule has 8 nitrogen and oxygen atoms in total. The van der Waals surface area contributed by atoms with Crippen molar-refractivity contribution in [3.05, 3.63) is 59.2 Å². The van der Waals surface area contributed by atoms with Crippen LogP contribution in [0.5, 0.6) is 0 Å². The van der Waals surface area contributed by atoms with E-state index in [1.807, 2.05) is 26.0 Å². The van der Waals surface area contributed by atoms with Crippen LogP contribution in [0, 0.1) is 5.41 Å². The van der Waals surface area contributed by atoms with Crippen molar-refractivity contribution in [2.75, 3.05) is 0 Å². The van der Waals surface area contributed by atoms with Crippen LogP contribution in [0.3, 0.4) is 0 Å². The average Bonchev–Trinajstić information content (AvgIpc) is 3.02. The lowest BCUT2D eigenvalue weighted by Gasteiger charge is -2.72. The maximum atomic E-state index is 13.7. The van der Waals surface area contributed by atoms with Gasteiger partial charge in [-0.2, -0.15) is 4.31 Å². The second-order valence-corrected chi connectivity index (χ2v) is 12.2. The number of carbonyl (C=O) groups is 1. The van der Waals surface area contributed by atoms with E-state index < -0.39 is 33.1 Å². The van der Waals surface area contributed by atoms with Gasteiger partial charge in [-0.25, -0.2) is 18.2 Å². The first-order valence-corrected chi connectivity index (χ1v) is 12.6. The molecule has 3 fully saturated rings. The molecule has 0 amide bonds. The van der Waals surface area contributed by atoms with E-state index in [0.29, 0.717) is 30.1 Å². The van der Waals surface area contributed by atoms with Gasteiger partial charge in [0.25, 0.3) is 10.0 Å². The number of benzene rings is 1. The zero-order valence-electron chi connectivity index (χ0n) is 18.3. The first-order chi connectivity index (χ1) is 15.5. The zero-order chi connectivity index (χ0) is 23.6. The second-order valence-electron chi connectivity index (χ2n) is 9.91. The van der Waals surface area contributed by atoms with Gasteiger partial charge in [0.2, 0.25) is 0 Å². The molecule has 1 aromatic carbocycles. The van der Waals surface area contributed by atoms with Gasteiger partial charge in [-0.1, -0.05) is 29.8 Å². The highest BCUT2D eigenvalue weighted by atomic mass is 35.5. The third-order valence-corrected chi connectivity index (χ3v) is 9.20. The number of aliphatic carboxylic acids is 1. The van der Waals surface area contributed by atoms with E-state index >= 15 is 0 Å². The molecule has 10 heteroatoms. The first-order valence-electron chi connectivity index (χ1n) is 10.8. The van der Waals surface area contributed by atoms with Crippen molar-refractivity contribution < 1.29 is 18.3 Å². The molecule has 0 saturated heterocycles. The van der Waals surface area contributed by atoms with Crippen molar-refractivity contribution in [3.8, 4) is 0 Å². The van der Waals surface area contributed by atoms with E-state index in [0.717, 1.165) is 5.56 Å². The minimum Gasteiger partial charge on any atom is -0.480 e. The summed E-state index contributed by atoms with van der Waals surface area (Å²) in [6.07, 6.45) is 3.25. The molecule has 1 aliphatic heterocycles. The molecule has 1 unspecified atom stereocenters. The number of sulfonamides is 1. The molecule has 4 aliphatic rings. The van der Waals surface area contributed by atoms with Gasteiger partial charge in [0.1, 0.15) is 5.84 Å². The number of pyridine rings is 1. The molecule has 1 aromatic heterocycles. The molecule has 33 heavy (non-hydrogen) atoms. The molecule has 0 spiro atoms. The number of amidine groups is 1. The predicted octanol–water partition coefficient (Wildman–Crippen LogP) is 3.08. The van der Waals surface area contributed by atoms with E-state index in [1.54, 1.807) is 28.6 Å². The predicted molar refractivity (Wildman–Crippen MR) is 124 cm³/mol. The molecular weight excluding hydrogens is 464 g/mol. The minimum atomic E-state index is -3.85. The summed E-state index contributed by atoms with van der Waals surface area (Å²) in [6, 6.07) is 11.1. The molecule has 0 radical (unpaired) electrons. The van der Waals surface area contributed by atoms with Crippen molar-refractivity contribution in [2.24, 2.45) is 10.4 Å². The zero-order valence-corrected chi connectivity index (χ0v) is 19.9. The van der Waals surface area contributed by atoms with Gasteiger partial charge in [0.05, 0.1) is 5.54 Å². The standard InChI is InChI=1S/C23H25ClN4O4S/c1-21(2)18(19(29)30)26-20(27-21)22-12-23(13-22,14-22)28(11-15-6-8-16(24)9-7-15)33(31,32)17-5-3-4-10-25-17/h3-10,18H,11-14H2,1-2H3,(H,26,27)(H,29,30). The van der Waals surface area contributed by atoms with Crippen molar-refractivity contribution in [2.45, 2.75) is 61.8 Å². The topological polar surface area (TPSA) is 112 Å². The Labute approximate surface area is 197 Å². The molecule has 2 N–H and O–H groups in total. The van der Waals surface area contributed by atoms with Gasteiger partial charge in [-0.15, -0.1) is 0 Å². The third-order valence-electron chi connectivity index (χ3n) is 7.08. The third kappa shape index (κ3) is 3.45. The van der Waals surface area contributed by atoms with Gasteiger partial charge < -0.3 is 10.4 Å². The minimum absolute atomic E-state index is 0.0149. The fourth-order valence-electron chi connectivity index (χ4n) is 5.46. The Morgan fingerprint density at radius 3 is 2.39 bits per heavy atom. The highest BCUT2D eigenvalue weighted by molar-refractivity contribution is 7.89. The van der Waals surface area contributed by atoms with E-state index in [2.05, 4.69) is 15.3 Å². The SMILES string of the molecule is CC1(C)NC(C23CC(N(Cc4ccc(Cl)cc4)S(=O)(=O)c4ccccn4)(C2)C3)=NC1C(=O)O. The lowest BCUT2D eigenvalue weighted by Crippen LogP contribution is -2.78. The second kappa shape index (κ2) is 7.25. The fraction of sp³-hybridized carbons (Fsp3) is 0.435. The number of carboxylic acid groups (broad SMARTS) is 1. The monoisotopic (exact) mass is 488 g/mol. The van der Waals surface area contributed by atoms with E-state index in [9.17, 15) is 18.3 Å². The average molecular weight is 489 g/mol. The highest BCUT2D eigenvalue weighted by Crippen LogP contribution is 2.71. The fourth-order valence-corrected chi connectivity index (χ4v) is 7.27. The summed E-state index contributed by atoms with van der Waals surface area (Å²) in [5.74, 6) is -0.283. The number of rotatable bonds is 7. The van der Waals surface area contributed by atoms with Crippen LogP contribution in [0.25, 0.3) is 0 Å². The number of nitrogens with zero attached hydrogens (tertiary/aromatic N) is 3. The molecule has 2 aromatic rings. The number of hydrogen-bond acceptors (Lipinski definition) is 6. The molecule has 1 atom stereocenters. The lowest BCUT2D eigenvalue weighted by molar-refractivity contribution is -0.151. The number of nitrogens with one attached hydrogen (secondary N) is 1. The summed E-state index contributed by atoms with van der Waals surface area (Å²) >= 11 is 6.01. The number of hydrogen-bond donors (Lipinski definition) is 2. The Morgan fingerprint density at radius 2 is 1.85 bits per heavy atom. The molecule has 2 bridgehead atoms. The molecular formula is C23H25ClN4O4S. The smallest absolute Gasteiger partial charge is 0.330 e. The van der Waals surface area contributed by atoms with Crippen molar-refractivity contribution in [1.82, 2.24) is 14.6 Å². The van der Waals surface area contributed by atoms with Crippen LogP contribution in [0.4, 0.5) is 0 Å². The maximum Gasteiger partial charge on any atom is 0.330 e. The summed E-state index contributed by atoms with van der Waals surface area (Å²) in [6.45, 7) is 3.85. The van der Waals surface area contributed by atoms with Crippen LogP contribution in [0.1, 0.15) is 38.7 Å². The summed E-state index contributed by atoms with van der Waals surface area (Å²) in [5.41, 5.74) is -0.710. The molecule has 2 heterocycles. The molecule has 6 rings (SSSR count). The quantitative estimate of drug-likeness (QED) is 0.619. The van der Waals surface area contributed by atoms with Crippen LogP contribution in [0.2, 0.25) is 5.02 Å². The largest absolute Gasteiger partial charge is 0.480 e. The van der Waals surface area contributed by atoms with Gasteiger partial charge >= 0.3 is 5.97 Å². The summed E-state index contributed by atoms with van der Waals surface area (Å²) in [7, 11) is -3.85. The Hall–Kier alpha value is -2.49. The molecule has 174 valence electrons. The van der Waals surface area contributed by atoms with Crippen molar-refractivity contribution >= 4 is 33.4 Å². The Kier molecular flexibility index (Phi) is 4.90. The van der Waals surface area contributed by atoms with Crippen LogP contribution >= 0.6 is 11.6 Å². The molecule has 3 saturated carbocycles. The summed E-state index contributed by atoms with van der Waals surface area (Å²) < 4.78 is 28.9. The maximum absolute atomic E-state index is 13.7. The number of aromatic nitrogens is 1. The van der Waals surface area contributed by atoms with Crippen molar-refractivity contribution in [1.29, 1.82) is 0 Å².